The summed E-state index contributed by atoms with van der Waals surface area (Å²) < 4.78 is 18.9. The molecule has 1 aromatic heterocycles. The Morgan fingerprint density at radius 2 is 1.93 bits per heavy atom. The second-order valence-electron chi connectivity index (χ2n) is 7.16. The van der Waals surface area contributed by atoms with Crippen LogP contribution in [0.1, 0.15) is 35.1 Å². The number of aryl methyl sites for hydroxylation is 1. The molecule has 1 aliphatic rings. The third-order valence-corrected chi connectivity index (χ3v) is 5.34. The summed E-state index contributed by atoms with van der Waals surface area (Å²) in [6.07, 6.45) is 4.46. The highest BCUT2D eigenvalue weighted by Crippen LogP contribution is 2.32. The summed E-state index contributed by atoms with van der Waals surface area (Å²) >= 11 is 0. The predicted molar refractivity (Wildman–Crippen MR) is 101 cm³/mol. The van der Waals surface area contributed by atoms with Crippen LogP contribution in [0.5, 0.6) is 5.75 Å². The number of quaternary nitrogens is 1. The van der Waals surface area contributed by atoms with Gasteiger partial charge in [-0.1, -0.05) is 12.1 Å². The first kappa shape index (κ1) is 17.7. The molecule has 2 aromatic carbocycles. The number of nitrogens with two attached hydrogens (primary N) is 1. The number of fused-ring (bicyclic) bond motifs is 3. The highest BCUT2D eigenvalue weighted by Gasteiger charge is 2.21. The average Bonchev–Trinajstić information content (AvgIpc) is 2.67. The SMILES string of the molecule is O=c1oc2c(C[NH2+]CCc3cccc(F)c3)c(O)ccc2c2c1CCCC2. The molecule has 0 atom stereocenters. The van der Waals surface area contributed by atoms with Gasteiger partial charge in [0.25, 0.3) is 0 Å². The van der Waals surface area contributed by atoms with E-state index in [2.05, 4.69) is 0 Å². The Kier molecular flexibility index (Phi) is 4.94. The molecule has 0 unspecified atom stereocenters. The van der Waals surface area contributed by atoms with Crippen molar-refractivity contribution in [1.29, 1.82) is 0 Å². The maximum atomic E-state index is 13.3. The first-order valence-electron chi connectivity index (χ1n) is 9.49. The van der Waals surface area contributed by atoms with Gasteiger partial charge in [0.15, 0.2) is 5.58 Å². The van der Waals surface area contributed by atoms with Crippen molar-refractivity contribution in [3.8, 4) is 5.75 Å². The second kappa shape index (κ2) is 7.53. The molecule has 0 bridgehead atoms. The zero-order valence-electron chi connectivity index (χ0n) is 15.1. The molecule has 140 valence electrons. The Hall–Kier alpha value is -2.66. The van der Waals surface area contributed by atoms with Crippen LogP contribution in [0.25, 0.3) is 11.0 Å². The third-order valence-electron chi connectivity index (χ3n) is 5.34. The Bertz CT molecular complexity index is 1040. The lowest BCUT2D eigenvalue weighted by Crippen LogP contribution is -2.83. The van der Waals surface area contributed by atoms with Gasteiger partial charge < -0.3 is 14.8 Å². The summed E-state index contributed by atoms with van der Waals surface area (Å²) in [5, 5.41) is 13.3. The zero-order chi connectivity index (χ0) is 18.8. The fourth-order valence-electron chi connectivity index (χ4n) is 3.96. The third kappa shape index (κ3) is 3.60. The first-order chi connectivity index (χ1) is 13.1. The van der Waals surface area contributed by atoms with Crippen LogP contribution in [-0.2, 0) is 25.8 Å². The molecule has 0 fully saturated rings. The number of phenols is 1. The molecule has 0 radical (unpaired) electrons. The van der Waals surface area contributed by atoms with Gasteiger partial charge in [0, 0.05) is 17.4 Å². The van der Waals surface area contributed by atoms with Crippen molar-refractivity contribution in [3.63, 3.8) is 0 Å². The van der Waals surface area contributed by atoms with E-state index >= 15 is 0 Å². The van der Waals surface area contributed by atoms with Crippen LogP contribution in [-0.4, -0.2) is 11.7 Å². The number of phenolic OH excluding ortho intramolecular Hbond substituents is 1. The van der Waals surface area contributed by atoms with Gasteiger partial charge in [-0.2, -0.15) is 0 Å². The van der Waals surface area contributed by atoms with Crippen LogP contribution in [0, 0.1) is 5.82 Å². The monoisotopic (exact) mass is 368 g/mol. The number of aromatic hydroxyl groups is 1. The van der Waals surface area contributed by atoms with E-state index in [0.29, 0.717) is 17.7 Å². The minimum atomic E-state index is -0.274. The maximum Gasteiger partial charge on any atom is 0.339 e. The zero-order valence-corrected chi connectivity index (χ0v) is 15.1. The van der Waals surface area contributed by atoms with Gasteiger partial charge >= 0.3 is 5.63 Å². The van der Waals surface area contributed by atoms with Gasteiger partial charge in [-0.25, -0.2) is 9.18 Å². The topological polar surface area (TPSA) is 67.0 Å². The smallest absolute Gasteiger partial charge is 0.339 e. The molecule has 0 saturated carbocycles. The average molecular weight is 368 g/mol. The molecule has 27 heavy (non-hydrogen) atoms. The van der Waals surface area contributed by atoms with E-state index in [9.17, 15) is 14.3 Å². The van der Waals surface area contributed by atoms with Gasteiger partial charge in [0.05, 0.1) is 12.1 Å². The van der Waals surface area contributed by atoms with Crippen LogP contribution in [0.2, 0.25) is 0 Å². The number of halogens is 1. The standard InChI is InChI=1S/C22H22FNO3/c23-15-5-3-4-14(12-15)10-11-24-13-19-20(25)9-8-17-16-6-1-2-7-18(16)22(26)27-21(17)19/h3-5,8-9,12,24-25H,1-2,6-7,10-11,13H2/p+1. The molecular formula is C22H23FNO3+. The summed E-state index contributed by atoms with van der Waals surface area (Å²) in [5.41, 5.74) is 3.69. The van der Waals surface area contributed by atoms with Gasteiger partial charge in [0.2, 0.25) is 0 Å². The number of rotatable bonds is 5. The molecule has 3 N–H and O–H groups in total. The molecule has 0 saturated heterocycles. The van der Waals surface area contributed by atoms with Crippen LogP contribution >= 0.6 is 0 Å². The number of hydrogen-bond donors (Lipinski definition) is 2. The minimum absolute atomic E-state index is 0.142. The highest BCUT2D eigenvalue weighted by molar-refractivity contribution is 5.86. The summed E-state index contributed by atoms with van der Waals surface area (Å²) in [5.74, 6) is -0.0887. The summed E-state index contributed by atoms with van der Waals surface area (Å²) in [6, 6.07) is 10.1. The van der Waals surface area contributed by atoms with Crippen molar-refractivity contribution in [3.05, 3.63) is 74.9 Å². The fraction of sp³-hybridized carbons (Fsp3) is 0.318. The van der Waals surface area contributed by atoms with E-state index in [4.69, 9.17) is 4.42 Å². The Morgan fingerprint density at radius 3 is 2.74 bits per heavy atom. The Morgan fingerprint density at radius 1 is 1.11 bits per heavy atom. The molecule has 0 spiro atoms. The highest BCUT2D eigenvalue weighted by atomic mass is 19.1. The maximum absolute atomic E-state index is 13.3. The fourth-order valence-corrected chi connectivity index (χ4v) is 3.96. The largest absolute Gasteiger partial charge is 0.507 e. The van der Waals surface area contributed by atoms with Crippen LogP contribution in [0.4, 0.5) is 4.39 Å². The van der Waals surface area contributed by atoms with E-state index in [1.54, 1.807) is 12.1 Å². The van der Waals surface area contributed by atoms with Crippen molar-refractivity contribution in [2.75, 3.05) is 6.54 Å². The molecule has 0 amide bonds. The lowest BCUT2D eigenvalue weighted by Gasteiger charge is -2.17. The van der Waals surface area contributed by atoms with Crippen LogP contribution in [0.3, 0.4) is 0 Å². The van der Waals surface area contributed by atoms with Gasteiger partial charge in [0.1, 0.15) is 18.1 Å². The van der Waals surface area contributed by atoms with E-state index in [0.717, 1.165) is 60.7 Å². The van der Waals surface area contributed by atoms with Crippen LogP contribution < -0.4 is 10.9 Å². The van der Waals surface area contributed by atoms with Crippen molar-refractivity contribution in [2.24, 2.45) is 0 Å². The van der Waals surface area contributed by atoms with E-state index in [1.807, 2.05) is 17.4 Å². The summed E-state index contributed by atoms with van der Waals surface area (Å²) in [4.78, 5) is 12.4. The van der Waals surface area contributed by atoms with Gasteiger partial charge in [-0.3, -0.25) is 0 Å². The van der Waals surface area contributed by atoms with Crippen LogP contribution in [0.15, 0.2) is 45.6 Å². The van der Waals surface area contributed by atoms with Crippen molar-refractivity contribution in [1.82, 2.24) is 0 Å². The van der Waals surface area contributed by atoms with Crippen molar-refractivity contribution >= 4 is 11.0 Å². The summed E-state index contributed by atoms with van der Waals surface area (Å²) in [7, 11) is 0. The quantitative estimate of drug-likeness (QED) is 0.538. The Balaban J connectivity index is 1.57. The lowest BCUT2D eigenvalue weighted by molar-refractivity contribution is -0.670. The molecule has 4 nitrogen and oxygen atoms in total. The van der Waals surface area contributed by atoms with Crippen molar-refractivity contribution < 1.29 is 19.2 Å². The van der Waals surface area contributed by atoms with E-state index in [1.165, 1.54) is 12.1 Å². The second-order valence-corrected chi connectivity index (χ2v) is 7.16. The predicted octanol–water partition coefficient (Wildman–Crippen LogP) is 2.82. The molecule has 3 aromatic rings. The lowest BCUT2D eigenvalue weighted by atomic mass is 9.90. The number of hydrogen-bond acceptors (Lipinski definition) is 3. The van der Waals surface area contributed by atoms with E-state index in [-0.39, 0.29) is 17.2 Å². The van der Waals surface area contributed by atoms with Crippen molar-refractivity contribution in [2.45, 2.75) is 38.6 Å². The molecule has 5 heteroatoms. The molecule has 4 rings (SSSR count). The van der Waals surface area contributed by atoms with Gasteiger partial charge in [-0.05, 0) is 61.1 Å². The summed E-state index contributed by atoms with van der Waals surface area (Å²) in [6.45, 7) is 1.24. The first-order valence-corrected chi connectivity index (χ1v) is 9.49. The molecule has 1 heterocycles. The van der Waals surface area contributed by atoms with Gasteiger partial charge in [-0.15, -0.1) is 0 Å². The Labute approximate surface area is 156 Å². The normalized spacial score (nSPS) is 13.7. The molecule has 0 aliphatic heterocycles. The minimum Gasteiger partial charge on any atom is -0.507 e. The number of benzene rings is 2. The molecule has 1 aliphatic carbocycles. The van der Waals surface area contributed by atoms with E-state index < -0.39 is 0 Å². The molecular weight excluding hydrogens is 345 g/mol.